The summed E-state index contributed by atoms with van der Waals surface area (Å²) in [5.74, 6) is -0.872. The van der Waals surface area contributed by atoms with Gasteiger partial charge in [-0.3, -0.25) is 4.79 Å². The monoisotopic (exact) mass is 480 g/mol. The van der Waals surface area contributed by atoms with Crippen molar-refractivity contribution >= 4 is 39.2 Å². The first-order valence-electron chi connectivity index (χ1n) is 10.2. The van der Waals surface area contributed by atoms with Gasteiger partial charge in [-0.25, -0.2) is 13.2 Å². The smallest absolute Gasteiger partial charge is 0.339 e. The summed E-state index contributed by atoms with van der Waals surface area (Å²) >= 11 is 6.06. The summed E-state index contributed by atoms with van der Waals surface area (Å²) in [5, 5.41) is 2.98. The summed E-state index contributed by atoms with van der Waals surface area (Å²) in [6.45, 7) is 2.29. The Balaban J connectivity index is 1.71. The van der Waals surface area contributed by atoms with E-state index in [0.717, 1.165) is 0 Å². The SMILES string of the molecule is CCOC(=O)c1cc(NC(=O)C2CCCN(S(=O)(=O)c3ccc(OC)cc3)C2)ccc1Cl. The van der Waals surface area contributed by atoms with Crippen molar-refractivity contribution in [1.82, 2.24) is 4.31 Å². The van der Waals surface area contributed by atoms with Crippen molar-refractivity contribution in [2.45, 2.75) is 24.7 Å². The highest BCUT2D eigenvalue weighted by Gasteiger charge is 2.33. The number of hydrogen-bond donors (Lipinski definition) is 1. The predicted octanol–water partition coefficient (Wildman–Crippen LogP) is 3.56. The number of carbonyl (C=O) groups excluding carboxylic acids is 2. The fraction of sp³-hybridized carbons (Fsp3) is 0.364. The molecule has 1 amide bonds. The Hall–Kier alpha value is -2.62. The largest absolute Gasteiger partial charge is 0.497 e. The van der Waals surface area contributed by atoms with Gasteiger partial charge in [-0.15, -0.1) is 0 Å². The van der Waals surface area contributed by atoms with Gasteiger partial charge in [-0.2, -0.15) is 4.31 Å². The second kappa shape index (κ2) is 10.3. The molecule has 1 aliphatic rings. The fourth-order valence-corrected chi connectivity index (χ4v) is 5.20. The zero-order chi connectivity index (χ0) is 23.3. The highest BCUT2D eigenvalue weighted by molar-refractivity contribution is 7.89. The molecule has 1 aliphatic heterocycles. The van der Waals surface area contributed by atoms with Crippen LogP contribution in [0.25, 0.3) is 0 Å². The molecule has 1 fully saturated rings. The Morgan fingerprint density at radius 3 is 2.56 bits per heavy atom. The molecule has 2 aromatic carbocycles. The summed E-state index contributed by atoms with van der Waals surface area (Å²) < 4.78 is 37.4. The lowest BCUT2D eigenvalue weighted by Gasteiger charge is -2.31. The fourth-order valence-electron chi connectivity index (χ4n) is 3.48. The van der Waals surface area contributed by atoms with E-state index in [2.05, 4.69) is 5.32 Å². The highest BCUT2D eigenvalue weighted by Crippen LogP contribution is 2.27. The van der Waals surface area contributed by atoms with E-state index < -0.39 is 21.9 Å². The number of sulfonamides is 1. The van der Waals surface area contributed by atoms with Crippen molar-refractivity contribution in [3.05, 3.63) is 53.1 Å². The molecule has 0 spiro atoms. The van der Waals surface area contributed by atoms with Crippen LogP contribution < -0.4 is 10.1 Å². The van der Waals surface area contributed by atoms with Gasteiger partial charge in [-0.05, 0) is 62.2 Å². The number of carbonyl (C=O) groups is 2. The third kappa shape index (κ3) is 5.40. The molecule has 8 nitrogen and oxygen atoms in total. The van der Waals surface area contributed by atoms with Gasteiger partial charge in [0, 0.05) is 18.8 Å². The van der Waals surface area contributed by atoms with Crippen molar-refractivity contribution < 1.29 is 27.5 Å². The van der Waals surface area contributed by atoms with Gasteiger partial charge < -0.3 is 14.8 Å². The number of methoxy groups -OCH3 is 1. The quantitative estimate of drug-likeness (QED) is 0.608. The molecule has 0 radical (unpaired) electrons. The summed E-state index contributed by atoms with van der Waals surface area (Å²) in [6, 6.07) is 10.7. The minimum Gasteiger partial charge on any atom is -0.497 e. The molecule has 0 aliphatic carbocycles. The van der Waals surface area contributed by atoms with E-state index in [1.165, 1.54) is 35.7 Å². The molecule has 2 aromatic rings. The van der Waals surface area contributed by atoms with Gasteiger partial charge in [0.2, 0.25) is 15.9 Å². The van der Waals surface area contributed by atoms with Crippen molar-refractivity contribution in [1.29, 1.82) is 0 Å². The van der Waals surface area contributed by atoms with E-state index in [1.54, 1.807) is 25.1 Å². The number of halogens is 1. The highest BCUT2D eigenvalue weighted by atomic mass is 35.5. The van der Waals surface area contributed by atoms with Crippen molar-refractivity contribution in [3.8, 4) is 5.75 Å². The average Bonchev–Trinajstić information content (AvgIpc) is 2.80. The Morgan fingerprint density at radius 1 is 1.19 bits per heavy atom. The first kappa shape index (κ1) is 24.0. The summed E-state index contributed by atoms with van der Waals surface area (Å²) in [7, 11) is -2.23. The normalized spacial score (nSPS) is 16.9. The molecule has 0 aromatic heterocycles. The molecule has 1 heterocycles. The number of benzene rings is 2. The molecule has 1 saturated heterocycles. The van der Waals surface area contributed by atoms with E-state index in [0.29, 0.717) is 30.8 Å². The third-order valence-electron chi connectivity index (χ3n) is 5.18. The Labute approximate surface area is 192 Å². The number of nitrogens with zero attached hydrogens (tertiary/aromatic N) is 1. The second-order valence-electron chi connectivity index (χ2n) is 7.28. The van der Waals surface area contributed by atoms with E-state index in [1.807, 2.05) is 0 Å². The second-order valence-corrected chi connectivity index (χ2v) is 9.63. The summed E-state index contributed by atoms with van der Waals surface area (Å²) in [5.41, 5.74) is 0.538. The number of ether oxygens (including phenoxy) is 2. The first-order valence-corrected chi connectivity index (χ1v) is 12.0. The van der Waals surface area contributed by atoms with E-state index in [-0.39, 0.29) is 34.5 Å². The third-order valence-corrected chi connectivity index (χ3v) is 7.39. The number of esters is 1. The molecule has 1 atom stereocenters. The van der Waals surface area contributed by atoms with Crippen molar-refractivity contribution in [2.24, 2.45) is 5.92 Å². The van der Waals surface area contributed by atoms with E-state index >= 15 is 0 Å². The molecular formula is C22H25ClN2O6S. The summed E-state index contributed by atoms with van der Waals surface area (Å²) in [4.78, 5) is 25.0. The van der Waals surface area contributed by atoms with E-state index in [9.17, 15) is 18.0 Å². The lowest BCUT2D eigenvalue weighted by Crippen LogP contribution is -2.43. The van der Waals surface area contributed by atoms with Crippen LogP contribution in [-0.4, -0.2) is 51.4 Å². The van der Waals surface area contributed by atoms with Crippen LogP contribution in [0, 0.1) is 5.92 Å². The summed E-state index contributed by atoms with van der Waals surface area (Å²) in [6.07, 6.45) is 1.11. The average molecular weight is 481 g/mol. The van der Waals surface area contributed by atoms with Crippen LogP contribution in [0.1, 0.15) is 30.1 Å². The van der Waals surface area contributed by atoms with Crippen LogP contribution in [-0.2, 0) is 19.6 Å². The number of nitrogens with one attached hydrogen (secondary N) is 1. The van der Waals surface area contributed by atoms with Crippen LogP contribution in [0.4, 0.5) is 5.69 Å². The number of piperidine rings is 1. The van der Waals surface area contributed by atoms with Crippen LogP contribution in [0.3, 0.4) is 0 Å². The molecule has 10 heteroatoms. The molecule has 0 saturated carbocycles. The van der Waals surface area contributed by atoms with Crippen molar-refractivity contribution in [2.75, 3.05) is 32.1 Å². The predicted molar refractivity (Wildman–Crippen MR) is 121 cm³/mol. The van der Waals surface area contributed by atoms with Crippen molar-refractivity contribution in [3.63, 3.8) is 0 Å². The van der Waals surface area contributed by atoms with Crippen LogP contribution >= 0.6 is 11.6 Å². The molecule has 172 valence electrons. The number of rotatable bonds is 7. The minimum absolute atomic E-state index is 0.0680. The van der Waals surface area contributed by atoms with Gasteiger partial charge in [-0.1, -0.05) is 11.6 Å². The van der Waals surface area contributed by atoms with Gasteiger partial charge in [0.25, 0.3) is 0 Å². The molecule has 3 rings (SSSR count). The molecule has 1 N–H and O–H groups in total. The lowest BCUT2D eigenvalue weighted by atomic mass is 9.98. The lowest BCUT2D eigenvalue weighted by molar-refractivity contribution is -0.120. The van der Waals surface area contributed by atoms with Crippen LogP contribution in [0.2, 0.25) is 5.02 Å². The molecule has 32 heavy (non-hydrogen) atoms. The minimum atomic E-state index is -3.74. The Kier molecular flexibility index (Phi) is 7.76. The Morgan fingerprint density at radius 2 is 1.91 bits per heavy atom. The topological polar surface area (TPSA) is 102 Å². The number of amides is 1. The van der Waals surface area contributed by atoms with Crippen LogP contribution in [0.15, 0.2) is 47.4 Å². The van der Waals surface area contributed by atoms with Gasteiger partial charge in [0.15, 0.2) is 0 Å². The standard InChI is InChI=1S/C22H25ClN2O6S/c1-3-31-22(27)19-13-16(6-11-20(19)23)24-21(26)15-5-4-12-25(14-15)32(28,29)18-9-7-17(30-2)8-10-18/h6-11,13,15H,3-5,12,14H2,1-2H3,(H,24,26). The molecule has 1 unspecified atom stereocenters. The van der Waals surface area contributed by atoms with Gasteiger partial charge in [0.1, 0.15) is 5.75 Å². The molecule has 0 bridgehead atoms. The first-order chi connectivity index (χ1) is 15.3. The zero-order valence-corrected chi connectivity index (χ0v) is 19.4. The maximum Gasteiger partial charge on any atom is 0.339 e. The van der Waals surface area contributed by atoms with E-state index in [4.69, 9.17) is 21.1 Å². The molecular weight excluding hydrogens is 456 g/mol. The maximum atomic E-state index is 13.0. The van der Waals surface area contributed by atoms with Gasteiger partial charge >= 0.3 is 5.97 Å². The van der Waals surface area contributed by atoms with Gasteiger partial charge in [0.05, 0.1) is 35.1 Å². The van der Waals surface area contributed by atoms with Crippen LogP contribution in [0.5, 0.6) is 5.75 Å². The maximum absolute atomic E-state index is 13.0. The Bertz CT molecular complexity index is 1090. The number of anilines is 1. The zero-order valence-electron chi connectivity index (χ0n) is 17.8. The number of hydrogen-bond acceptors (Lipinski definition) is 6.